The fourth-order valence-corrected chi connectivity index (χ4v) is 5.39. The van der Waals surface area contributed by atoms with Crippen molar-refractivity contribution in [1.82, 2.24) is 0 Å². The maximum Gasteiger partial charge on any atom is 0.0886 e. The third-order valence-corrected chi connectivity index (χ3v) is 6.92. The van der Waals surface area contributed by atoms with Crippen molar-refractivity contribution in [2.75, 3.05) is 6.61 Å². The van der Waals surface area contributed by atoms with Gasteiger partial charge in [0, 0.05) is 6.61 Å². The zero-order valence-corrected chi connectivity index (χ0v) is 14.0. The molecule has 0 bridgehead atoms. The minimum absolute atomic E-state index is 0.0761. The molecule has 1 aliphatic heterocycles. The van der Waals surface area contributed by atoms with Gasteiger partial charge in [-0.15, -0.1) is 0 Å². The number of benzene rings is 2. The smallest absolute Gasteiger partial charge is 0.0886 e. The Labute approximate surface area is 129 Å². The van der Waals surface area contributed by atoms with Crippen LogP contribution < -0.4 is 0 Å². The largest absolute Gasteiger partial charge is 0.374 e. The van der Waals surface area contributed by atoms with E-state index < -0.39 is 8.80 Å². The molecule has 1 fully saturated rings. The van der Waals surface area contributed by atoms with E-state index in [0.29, 0.717) is 0 Å². The van der Waals surface area contributed by atoms with E-state index in [2.05, 4.69) is 56.1 Å². The Bertz CT molecular complexity index is 654. The van der Waals surface area contributed by atoms with Crippen molar-refractivity contribution < 1.29 is 4.74 Å². The number of ether oxygens (including phenoxy) is 1. The highest BCUT2D eigenvalue weighted by Gasteiger charge is 2.41. The summed E-state index contributed by atoms with van der Waals surface area (Å²) in [4.78, 5) is 0. The van der Waals surface area contributed by atoms with Crippen molar-refractivity contribution in [1.29, 1.82) is 0 Å². The molecule has 0 saturated carbocycles. The summed E-state index contributed by atoms with van der Waals surface area (Å²) in [5.41, 5.74) is 2.62. The van der Waals surface area contributed by atoms with Crippen molar-refractivity contribution in [2.45, 2.75) is 37.6 Å². The molecule has 2 aromatic rings. The van der Waals surface area contributed by atoms with Gasteiger partial charge in [-0.25, -0.2) is 0 Å². The van der Waals surface area contributed by atoms with Gasteiger partial charge in [0.05, 0.1) is 14.0 Å². The van der Waals surface area contributed by atoms with Gasteiger partial charge in [0.1, 0.15) is 0 Å². The molecule has 0 aromatic heterocycles. The van der Waals surface area contributed by atoms with Crippen molar-refractivity contribution >= 4 is 25.6 Å². The first-order valence-electron chi connectivity index (χ1n) is 7.78. The molecular formula is C19H23OSi. The lowest BCUT2D eigenvalue weighted by atomic mass is 9.90. The van der Waals surface area contributed by atoms with Crippen LogP contribution in [0.4, 0.5) is 0 Å². The molecule has 0 spiro atoms. The third kappa shape index (κ3) is 2.37. The van der Waals surface area contributed by atoms with Crippen LogP contribution in [0.1, 0.15) is 30.4 Å². The lowest BCUT2D eigenvalue weighted by Crippen LogP contribution is -2.45. The molecule has 21 heavy (non-hydrogen) atoms. The first-order valence-corrected chi connectivity index (χ1v) is 10.3. The minimum Gasteiger partial charge on any atom is -0.374 e. The Hall–Kier alpha value is -1.38. The SMILES string of the molecule is C=Cc1ccc2ccccc2c1C1([Si](C)C)CCCCO1. The lowest BCUT2D eigenvalue weighted by Gasteiger charge is -2.42. The first kappa shape index (κ1) is 14.5. The quantitative estimate of drug-likeness (QED) is 0.710. The summed E-state index contributed by atoms with van der Waals surface area (Å²) in [6.07, 6.45) is 5.58. The summed E-state index contributed by atoms with van der Waals surface area (Å²) in [7, 11) is -0.639. The van der Waals surface area contributed by atoms with Crippen LogP contribution in [-0.2, 0) is 9.96 Å². The van der Waals surface area contributed by atoms with E-state index in [-0.39, 0.29) is 5.22 Å². The molecule has 1 saturated heterocycles. The Morgan fingerprint density at radius 3 is 2.62 bits per heavy atom. The second-order valence-electron chi connectivity index (χ2n) is 6.09. The van der Waals surface area contributed by atoms with E-state index in [1.165, 1.54) is 34.7 Å². The van der Waals surface area contributed by atoms with Crippen molar-refractivity contribution in [3.63, 3.8) is 0 Å². The molecule has 1 unspecified atom stereocenters. The summed E-state index contributed by atoms with van der Waals surface area (Å²) in [5, 5.41) is 2.56. The van der Waals surface area contributed by atoms with Gasteiger partial charge in [-0.05, 0) is 41.2 Å². The molecule has 1 heterocycles. The monoisotopic (exact) mass is 295 g/mol. The Kier molecular flexibility index (Phi) is 4.00. The van der Waals surface area contributed by atoms with Crippen molar-refractivity contribution in [2.24, 2.45) is 0 Å². The average molecular weight is 295 g/mol. The standard InChI is InChI=1S/C19H23OSi/c1-4-15-11-12-16-9-5-6-10-17(16)18(15)19(21(2)3)13-7-8-14-20-19/h4-6,9-12H,1,7-8,13-14H2,2-3H3. The van der Waals surface area contributed by atoms with Crippen LogP contribution in [0.3, 0.4) is 0 Å². The maximum absolute atomic E-state index is 6.46. The highest BCUT2D eigenvalue weighted by atomic mass is 28.3. The summed E-state index contributed by atoms with van der Waals surface area (Å²) in [6.45, 7) is 9.68. The van der Waals surface area contributed by atoms with E-state index in [9.17, 15) is 0 Å². The van der Waals surface area contributed by atoms with Crippen LogP contribution >= 0.6 is 0 Å². The highest BCUT2D eigenvalue weighted by molar-refractivity contribution is 6.59. The van der Waals surface area contributed by atoms with Gasteiger partial charge in [0.15, 0.2) is 0 Å². The second kappa shape index (κ2) is 5.78. The molecule has 0 aliphatic carbocycles. The van der Waals surface area contributed by atoms with Crippen LogP contribution in [-0.4, -0.2) is 15.4 Å². The molecule has 1 radical (unpaired) electrons. The predicted molar refractivity (Wildman–Crippen MR) is 93.0 cm³/mol. The van der Waals surface area contributed by atoms with Gasteiger partial charge >= 0.3 is 0 Å². The van der Waals surface area contributed by atoms with Gasteiger partial charge in [0.2, 0.25) is 0 Å². The zero-order valence-electron chi connectivity index (χ0n) is 13.0. The molecule has 1 aliphatic rings. The number of hydrogen-bond acceptors (Lipinski definition) is 1. The average Bonchev–Trinajstić information content (AvgIpc) is 2.54. The highest BCUT2D eigenvalue weighted by Crippen LogP contribution is 2.43. The van der Waals surface area contributed by atoms with Crippen molar-refractivity contribution in [3.8, 4) is 0 Å². The fourth-order valence-electron chi connectivity index (χ4n) is 3.55. The number of hydrogen-bond donors (Lipinski definition) is 0. The van der Waals surface area contributed by atoms with Gasteiger partial charge in [0.25, 0.3) is 0 Å². The Morgan fingerprint density at radius 2 is 1.95 bits per heavy atom. The molecular weight excluding hydrogens is 272 g/mol. The molecule has 0 amide bonds. The summed E-state index contributed by atoms with van der Waals surface area (Å²) in [5.74, 6) is 0. The zero-order chi connectivity index (χ0) is 14.9. The number of fused-ring (bicyclic) bond motifs is 1. The first-order chi connectivity index (χ1) is 10.2. The fraction of sp³-hybridized carbons (Fsp3) is 0.368. The topological polar surface area (TPSA) is 9.23 Å². The Morgan fingerprint density at radius 1 is 1.14 bits per heavy atom. The van der Waals surface area contributed by atoms with Crippen molar-refractivity contribution in [3.05, 3.63) is 54.1 Å². The van der Waals surface area contributed by atoms with Gasteiger partial charge < -0.3 is 4.74 Å². The summed E-state index contributed by atoms with van der Waals surface area (Å²) < 4.78 is 6.46. The predicted octanol–water partition coefficient (Wildman–Crippen LogP) is 5.17. The van der Waals surface area contributed by atoms with Crippen LogP contribution in [0.25, 0.3) is 16.8 Å². The van der Waals surface area contributed by atoms with E-state index in [0.717, 1.165) is 13.0 Å². The Balaban J connectivity index is 2.32. The van der Waals surface area contributed by atoms with Gasteiger partial charge in [-0.1, -0.05) is 62.1 Å². The van der Waals surface area contributed by atoms with E-state index in [1.807, 2.05) is 6.08 Å². The van der Waals surface area contributed by atoms with E-state index >= 15 is 0 Å². The van der Waals surface area contributed by atoms with Gasteiger partial charge in [-0.3, -0.25) is 0 Å². The third-order valence-electron chi connectivity index (χ3n) is 4.66. The summed E-state index contributed by atoms with van der Waals surface area (Å²) in [6, 6.07) is 13.1. The summed E-state index contributed by atoms with van der Waals surface area (Å²) >= 11 is 0. The van der Waals surface area contributed by atoms with E-state index in [1.54, 1.807) is 0 Å². The van der Waals surface area contributed by atoms with Crippen LogP contribution in [0, 0.1) is 0 Å². The molecule has 1 atom stereocenters. The maximum atomic E-state index is 6.46. The lowest BCUT2D eigenvalue weighted by molar-refractivity contribution is -0.0255. The number of rotatable bonds is 3. The second-order valence-corrected chi connectivity index (χ2v) is 8.90. The van der Waals surface area contributed by atoms with E-state index in [4.69, 9.17) is 4.74 Å². The van der Waals surface area contributed by atoms with Crippen LogP contribution in [0.15, 0.2) is 43.0 Å². The van der Waals surface area contributed by atoms with Crippen LogP contribution in [0.2, 0.25) is 13.1 Å². The normalized spacial score (nSPS) is 22.6. The minimum atomic E-state index is -0.639. The molecule has 0 N–H and O–H groups in total. The molecule has 3 rings (SSSR count). The molecule has 109 valence electrons. The molecule has 1 nitrogen and oxygen atoms in total. The van der Waals surface area contributed by atoms with Gasteiger partial charge in [-0.2, -0.15) is 0 Å². The van der Waals surface area contributed by atoms with Crippen LogP contribution in [0.5, 0.6) is 0 Å². The molecule has 2 heteroatoms. The molecule has 2 aromatic carbocycles.